The van der Waals surface area contributed by atoms with Gasteiger partial charge in [0.25, 0.3) is 5.56 Å². The number of pyridine rings is 2. The maximum Gasteiger partial charge on any atom is 0.306 e. The third kappa shape index (κ3) is 4.65. The second kappa shape index (κ2) is 9.72. The van der Waals surface area contributed by atoms with E-state index in [1.807, 2.05) is 45.0 Å². The van der Waals surface area contributed by atoms with Crippen molar-refractivity contribution in [3.05, 3.63) is 56.9 Å². The number of aldehydes is 1. The second-order valence-corrected chi connectivity index (χ2v) is 10.4. The summed E-state index contributed by atoms with van der Waals surface area (Å²) in [7, 11) is 1.43. The zero-order chi connectivity index (χ0) is 27.1. The molecule has 4 rings (SSSR count). The minimum absolute atomic E-state index is 0.0272. The number of para-hydroxylation sites is 1. The second-order valence-electron chi connectivity index (χ2n) is 10.4. The maximum atomic E-state index is 13.7. The first kappa shape index (κ1) is 26.5. The van der Waals surface area contributed by atoms with E-state index in [2.05, 4.69) is 0 Å². The number of methoxy groups -OCH3 is 1. The molecule has 1 aliphatic heterocycles. The molecule has 0 amide bonds. The molecule has 1 aromatic carbocycles. The molecule has 0 spiro atoms. The zero-order valence-corrected chi connectivity index (χ0v) is 21.9. The predicted molar refractivity (Wildman–Crippen MR) is 140 cm³/mol. The largest absolute Gasteiger partial charge is 0.460 e. The van der Waals surface area contributed by atoms with E-state index in [-0.39, 0.29) is 48.8 Å². The average Bonchev–Trinajstić information content (AvgIpc) is 3.23. The molecule has 9 heteroatoms. The molecule has 196 valence electrons. The van der Waals surface area contributed by atoms with Gasteiger partial charge in [0.2, 0.25) is 0 Å². The van der Waals surface area contributed by atoms with Crippen molar-refractivity contribution < 1.29 is 24.2 Å². The molecule has 3 heterocycles. The lowest BCUT2D eigenvalue weighted by Crippen LogP contribution is -2.36. The third-order valence-electron chi connectivity index (χ3n) is 6.71. The summed E-state index contributed by atoms with van der Waals surface area (Å²) in [6.07, 6.45) is 0.969. The van der Waals surface area contributed by atoms with Gasteiger partial charge in [0.15, 0.2) is 6.29 Å². The number of aromatic nitrogens is 2. The molecule has 0 aliphatic carbocycles. The molecule has 0 unspecified atom stereocenters. The fourth-order valence-electron chi connectivity index (χ4n) is 5.04. The van der Waals surface area contributed by atoms with Crippen LogP contribution >= 0.6 is 0 Å². The fourth-order valence-corrected chi connectivity index (χ4v) is 5.04. The van der Waals surface area contributed by atoms with Crippen molar-refractivity contribution in [1.82, 2.24) is 9.55 Å². The van der Waals surface area contributed by atoms with Crippen LogP contribution in [-0.4, -0.2) is 39.6 Å². The van der Waals surface area contributed by atoms with Crippen molar-refractivity contribution in [2.75, 3.05) is 12.8 Å². The van der Waals surface area contributed by atoms with Crippen molar-refractivity contribution in [2.45, 2.75) is 71.3 Å². The summed E-state index contributed by atoms with van der Waals surface area (Å²) in [5.41, 5.74) is 7.17. The summed E-state index contributed by atoms with van der Waals surface area (Å²) in [5, 5.41) is 12.0. The van der Waals surface area contributed by atoms with E-state index in [0.29, 0.717) is 29.6 Å². The Morgan fingerprint density at radius 1 is 1.24 bits per heavy atom. The van der Waals surface area contributed by atoms with Crippen LogP contribution < -0.4 is 11.3 Å². The van der Waals surface area contributed by atoms with Crippen LogP contribution in [0.1, 0.15) is 62.8 Å². The number of nitrogens with two attached hydrogens (primary N) is 1. The number of nitrogens with zero attached hydrogens (tertiary/aromatic N) is 2. The first-order valence-electron chi connectivity index (χ1n) is 12.3. The quantitative estimate of drug-likeness (QED) is 0.274. The van der Waals surface area contributed by atoms with Crippen LogP contribution in [0.5, 0.6) is 0 Å². The summed E-state index contributed by atoms with van der Waals surface area (Å²) < 4.78 is 12.3. The molecule has 2 aromatic heterocycles. The van der Waals surface area contributed by atoms with Crippen molar-refractivity contribution in [1.29, 1.82) is 0 Å². The van der Waals surface area contributed by atoms with Crippen LogP contribution in [0.2, 0.25) is 0 Å². The van der Waals surface area contributed by atoms with Gasteiger partial charge < -0.3 is 24.9 Å². The average molecular weight is 508 g/mol. The summed E-state index contributed by atoms with van der Waals surface area (Å²) in [6, 6.07) is 7.56. The normalized spacial score (nSPS) is 14.2. The standard InChI is InChI=1S/C28H33N3O6/c1-6-28(35,15-32)22-19(14-36-5)26(34)31-13-18-16(11-12-21(33)37-27(2,3)4)17-9-7-8-10-20(17)30-24(18)25(31)23(22)29/h7-10,15,35H,6,11-14,29H2,1-5H3/t28-/m1/s1. The summed E-state index contributed by atoms with van der Waals surface area (Å²) in [5.74, 6) is -0.321. The van der Waals surface area contributed by atoms with Crippen molar-refractivity contribution in [3.63, 3.8) is 0 Å². The minimum atomic E-state index is -1.95. The van der Waals surface area contributed by atoms with Crippen LogP contribution in [0.3, 0.4) is 0 Å². The molecule has 37 heavy (non-hydrogen) atoms. The summed E-state index contributed by atoms with van der Waals surface area (Å²) in [6.45, 7) is 7.18. The molecule has 0 saturated heterocycles. The Kier molecular flexibility index (Phi) is 6.96. The number of carbonyl (C=O) groups is 2. The summed E-state index contributed by atoms with van der Waals surface area (Å²) in [4.78, 5) is 43.1. The smallest absolute Gasteiger partial charge is 0.306 e. The Bertz CT molecular complexity index is 1450. The number of hydrogen-bond acceptors (Lipinski definition) is 8. The highest BCUT2D eigenvalue weighted by atomic mass is 16.6. The number of carbonyl (C=O) groups excluding carboxylic acids is 2. The summed E-state index contributed by atoms with van der Waals surface area (Å²) >= 11 is 0. The third-order valence-corrected chi connectivity index (χ3v) is 6.71. The molecule has 1 aliphatic rings. The number of ether oxygens (including phenoxy) is 2. The number of benzene rings is 1. The molecule has 0 bridgehead atoms. The van der Waals surface area contributed by atoms with E-state index in [1.54, 1.807) is 6.92 Å². The van der Waals surface area contributed by atoms with Gasteiger partial charge in [-0.15, -0.1) is 0 Å². The molecule has 0 fully saturated rings. The van der Waals surface area contributed by atoms with E-state index in [4.69, 9.17) is 20.2 Å². The number of nitrogen functional groups attached to an aromatic ring is 1. The van der Waals surface area contributed by atoms with E-state index in [9.17, 15) is 19.5 Å². The van der Waals surface area contributed by atoms with Crippen LogP contribution in [0.15, 0.2) is 29.1 Å². The maximum absolute atomic E-state index is 13.7. The van der Waals surface area contributed by atoms with E-state index >= 15 is 0 Å². The molecule has 0 saturated carbocycles. The Morgan fingerprint density at radius 3 is 2.57 bits per heavy atom. The number of anilines is 1. The Hall–Kier alpha value is -3.56. The lowest BCUT2D eigenvalue weighted by molar-refractivity contribution is -0.154. The van der Waals surface area contributed by atoms with Crippen LogP contribution in [0.25, 0.3) is 22.3 Å². The van der Waals surface area contributed by atoms with Crippen molar-refractivity contribution in [2.24, 2.45) is 0 Å². The monoisotopic (exact) mass is 507 g/mol. The van der Waals surface area contributed by atoms with Gasteiger partial charge in [-0.1, -0.05) is 25.1 Å². The number of aryl methyl sites for hydroxylation is 1. The SMILES string of the molecule is CC[C@@](O)(C=O)c1c(N)c2n(c(=O)c1COC)Cc1c-2nc2ccccc2c1CCC(=O)OC(C)(C)C. The van der Waals surface area contributed by atoms with E-state index in [0.717, 1.165) is 16.5 Å². The van der Waals surface area contributed by atoms with Gasteiger partial charge in [-0.2, -0.15) is 0 Å². The lowest BCUT2D eigenvalue weighted by Gasteiger charge is -2.26. The van der Waals surface area contributed by atoms with Gasteiger partial charge in [-0.25, -0.2) is 4.98 Å². The number of fused-ring (bicyclic) bond motifs is 4. The fraction of sp³-hybridized carbons (Fsp3) is 0.429. The molecule has 0 radical (unpaired) electrons. The van der Waals surface area contributed by atoms with Crippen LogP contribution in [0.4, 0.5) is 5.69 Å². The van der Waals surface area contributed by atoms with Crippen LogP contribution in [-0.2, 0) is 44.2 Å². The molecule has 3 aromatic rings. The number of esters is 1. The predicted octanol–water partition coefficient (Wildman–Crippen LogP) is 3.22. The molecular formula is C28H33N3O6. The Labute approximate surface area is 215 Å². The molecule has 9 nitrogen and oxygen atoms in total. The number of hydrogen-bond donors (Lipinski definition) is 2. The number of rotatable bonds is 8. The zero-order valence-electron chi connectivity index (χ0n) is 21.9. The van der Waals surface area contributed by atoms with E-state index < -0.39 is 16.8 Å². The Balaban J connectivity index is 1.95. The van der Waals surface area contributed by atoms with Gasteiger partial charge in [-0.05, 0) is 45.2 Å². The van der Waals surface area contributed by atoms with Gasteiger partial charge in [0, 0.05) is 30.0 Å². The lowest BCUT2D eigenvalue weighted by atomic mass is 9.87. The first-order chi connectivity index (χ1) is 17.5. The highest BCUT2D eigenvalue weighted by Gasteiger charge is 2.38. The first-order valence-corrected chi connectivity index (χ1v) is 12.3. The highest BCUT2D eigenvalue weighted by Crippen LogP contribution is 2.43. The molecular weight excluding hydrogens is 474 g/mol. The minimum Gasteiger partial charge on any atom is -0.460 e. The van der Waals surface area contributed by atoms with Gasteiger partial charge in [0.1, 0.15) is 11.2 Å². The highest BCUT2D eigenvalue weighted by molar-refractivity contribution is 5.91. The molecule has 3 N–H and O–H groups in total. The van der Waals surface area contributed by atoms with Crippen molar-refractivity contribution in [3.8, 4) is 11.4 Å². The van der Waals surface area contributed by atoms with Crippen LogP contribution in [0, 0.1) is 0 Å². The topological polar surface area (TPSA) is 134 Å². The van der Waals surface area contributed by atoms with Gasteiger partial charge in [-0.3, -0.25) is 14.4 Å². The van der Waals surface area contributed by atoms with Gasteiger partial charge >= 0.3 is 5.97 Å². The van der Waals surface area contributed by atoms with E-state index in [1.165, 1.54) is 11.7 Å². The number of aliphatic hydroxyl groups is 1. The molecule has 1 atom stereocenters. The van der Waals surface area contributed by atoms with Gasteiger partial charge in [0.05, 0.1) is 41.3 Å². The van der Waals surface area contributed by atoms with Crippen molar-refractivity contribution >= 4 is 28.8 Å². The Morgan fingerprint density at radius 2 is 1.95 bits per heavy atom.